The molecule has 0 heterocycles. The average molecular weight is 375 g/mol. The molecule has 0 aliphatic heterocycles. The zero-order chi connectivity index (χ0) is 14.9. The zero-order valence-electron chi connectivity index (χ0n) is 10.7. The SMILES string of the molecule is C=CC(=O)[O][Sn]([CH2]CC)([O]C(=O)C=C)[O]C(=O)C=C. The molecule has 0 fully saturated rings. The Morgan fingerprint density at radius 2 is 1.21 bits per heavy atom. The monoisotopic (exact) mass is 376 g/mol. The van der Waals surface area contributed by atoms with E-state index in [1.165, 1.54) is 0 Å². The van der Waals surface area contributed by atoms with Gasteiger partial charge in [-0.05, 0) is 0 Å². The molecular formula is C12H16O6Sn. The molecule has 0 amide bonds. The van der Waals surface area contributed by atoms with Crippen LogP contribution in [0.3, 0.4) is 0 Å². The minimum atomic E-state index is -4.66. The first-order valence-corrected chi connectivity index (χ1v) is 11.0. The van der Waals surface area contributed by atoms with Gasteiger partial charge >= 0.3 is 117 Å². The summed E-state index contributed by atoms with van der Waals surface area (Å²) in [7, 11) is 0. The van der Waals surface area contributed by atoms with E-state index >= 15 is 0 Å². The quantitative estimate of drug-likeness (QED) is 0.473. The van der Waals surface area contributed by atoms with Crippen LogP contribution in [0.15, 0.2) is 38.0 Å². The van der Waals surface area contributed by atoms with E-state index in [0.717, 1.165) is 18.2 Å². The Labute approximate surface area is 117 Å². The summed E-state index contributed by atoms with van der Waals surface area (Å²) in [5, 5.41) is 0. The van der Waals surface area contributed by atoms with E-state index in [0.29, 0.717) is 6.42 Å². The third-order valence-corrected chi connectivity index (χ3v) is 9.38. The van der Waals surface area contributed by atoms with Crippen molar-refractivity contribution in [2.75, 3.05) is 0 Å². The van der Waals surface area contributed by atoms with Crippen LogP contribution in [0.25, 0.3) is 0 Å². The standard InChI is InChI=1S/3C3H4O2.C3H7.Sn/c3*1-2-3(4)5;1-3-2;/h3*2H,1H2,(H,4,5);1,3H2,2H3;/q;;;;+3/p-3. The van der Waals surface area contributed by atoms with Crippen molar-refractivity contribution < 1.29 is 23.6 Å². The second-order valence-electron chi connectivity index (χ2n) is 3.31. The molecule has 0 saturated carbocycles. The van der Waals surface area contributed by atoms with Crippen LogP contribution in [-0.4, -0.2) is 37.5 Å². The Morgan fingerprint density at radius 1 is 0.895 bits per heavy atom. The molecule has 0 aromatic carbocycles. The normalized spacial score (nSPS) is 9.95. The van der Waals surface area contributed by atoms with Crippen LogP contribution >= 0.6 is 0 Å². The topological polar surface area (TPSA) is 78.9 Å². The molecule has 0 aliphatic carbocycles. The van der Waals surface area contributed by atoms with E-state index in [-0.39, 0.29) is 4.44 Å². The van der Waals surface area contributed by atoms with E-state index in [2.05, 4.69) is 19.7 Å². The summed E-state index contributed by atoms with van der Waals surface area (Å²) in [4.78, 5) is 34.0. The number of hydrogen-bond acceptors (Lipinski definition) is 6. The van der Waals surface area contributed by atoms with E-state index in [1.54, 1.807) is 6.92 Å². The van der Waals surface area contributed by atoms with Crippen LogP contribution in [-0.2, 0) is 23.6 Å². The van der Waals surface area contributed by atoms with Crippen molar-refractivity contribution in [3.63, 3.8) is 0 Å². The van der Waals surface area contributed by atoms with Crippen LogP contribution in [0.2, 0.25) is 4.44 Å². The zero-order valence-corrected chi connectivity index (χ0v) is 13.6. The van der Waals surface area contributed by atoms with Crippen molar-refractivity contribution in [3.05, 3.63) is 38.0 Å². The predicted molar refractivity (Wildman–Crippen MR) is 69.7 cm³/mol. The Bertz CT molecular complexity index is 346. The maximum absolute atomic E-state index is 11.3. The van der Waals surface area contributed by atoms with Gasteiger partial charge in [0.2, 0.25) is 0 Å². The molecule has 0 aliphatic rings. The predicted octanol–water partition coefficient (Wildman–Crippen LogP) is 1.52. The molecule has 104 valence electrons. The number of rotatable bonds is 8. The molecule has 7 heteroatoms. The van der Waals surface area contributed by atoms with Gasteiger partial charge in [-0.3, -0.25) is 0 Å². The summed E-state index contributed by atoms with van der Waals surface area (Å²) in [5.74, 6) is -2.42. The second kappa shape index (κ2) is 8.52. The maximum atomic E-state index is 11.3. The van der Waals surface area contributed by atoms with Gasteiger partial charge in [0.1, 0.15) is 0 Å². The molecule has 0 aromatic heterocycles. The summed E-state index contributed by atoms with van der Waals surface area (Å²) in [6.45, 7) is 11.5. The van der Waals surface area contributed by atoms with Crippen LogP contribution in [0.1, 0.15) is 13.3 Å². The summed E-state index contributed by atoms with van der Waals surface area (Å²) in [6, 6.07) is 0. The van der Waals surface area contributed by atoms with Crippen molar-refractivity contribution in [2.45, 2.75) is 17.8 Å². The first-order chi connectivity index (χ1) is 8.92. The van der Waals surface area contributed by atoms with E-state index in [1.807, 2.05) is 0 Å². The van der Waals surface area contributed by atoms with Gasteiger partial charge in [-0.25, -0.2) is 0 Å². The molecule has 0 radical (unpaired) electrons. The Kier molecular flexibility index (Phi) is 7.81. The summed E-state index contributed by atoms with van der Waals surface area (Å²) < 4.78 is 15.3. The molecule has 0 aromatic rings. The Balaban J connectivity index is 5.29. The fourth-order valence-electron chi connectivity index (χ4n) is 1.11. The third kappa shape index (κ3) is 6.23. The van der Waals surface area contributed by atoms with Gasteiger partial charge < -0.3 is 0 Å². The molecule has 6 nitrogen and oxygen atoms in total. The number of hydrogen-bond donors (Lipinski definition) is 0. The summed E-state index contributed by atoms with van der Waals surface area (Å²) >= 11 is -4.66. The fraction of sp³-hybridized carbons (Fsp3) is 0.250. The number of carbonyl (C=O) groups excluding carboxylic acids is 3. The van der Waals surface area contributed by atoms with E-state index in [4.69, 9.17) is 9.22 Å². The van der Waals surface area contributed by atoms with Crippen LogP contribution in [0, 0.1) is 0 Å². The Morgan fingerprint density at radius 3 is 1.42 bits per heavy atom. The average Bonchev–Trinajstić information content (AvgIpc) is 2.38. The van der Waals surface area contributed by atoms with Crippen LogP contribution < -0.4 is 0 Å². The van der Waals surface area contributed by atoms with Crippen molar-refractivity contribution >= 4 is 37.5 Å². The van der Waals surface area contributed by atoms with Crippen molar-refractivity contribution in [3.8, 4) is 0 Å². The fourth-order valence-corrected chi connectivity index (χ4v) is 7.42. The summed E-state index contributed by atoms with van der Waals surface area (Å²) in [5.41, 5.74) is 0. The van der Waals surface area contributed by atoms with Crippen molar-refractivity contribution in [1.29, 1.82) is 0 Å². The third-order valence-electron chi connectivity index (χ3n) is 1.82. The minimum absolute atomic E-state index is 0.174. The molecule has 0 saturated heterocycles. The van der Waals surface area contributed by atoms with Gasteiger partial charge in [-0.15, -0.1) is 0 Å². The van der Waals surface area contributed by atoms with Gasteiger partial charge in [-0.1, -0.05) is 0 Å². The molecule has 0 bridgehead atoms. The first-order valence-electron chi connectivity index (χ1n) is 5.49. The van der Waals surface area contributed by atoms with E-state index in [9.17, 15) is 14.4 Å². The molecule has 0 N–H and O–H groups in total. The first kappa shape index (κ1) is 17.4. The molecule has 0 spiro atoms. The Hall–Kier alpha value is -1.57. The number of carbonyl (C=O) groups is 3. The molecule has 0 rings (SSSR count). The van der Waals surface area contributed by atoms with Crippen molar-refractivity contribution in [2.24, 2.45) is 0 Å². The van der Waals surface area contributed by atoms with Gasteiger partial charge in [-0.2, -0.15) is 0 Å². The molecule has 19 heavy (non-hydrogen) atoms. The summed E-state index contributed by atoms with van der Waals surface area (Å²) in [6.07, 6.45) is 3.23. The second-order valence-corrected chi connectivity index (χ2v) is 10.4. The van der Waals surface area contributed by atoms with E-state index < -0.39 is 37.5 Å². The molecule has 0 unspecified atom stereocenters. The van der Waals surface area contributed by atoms with Crippen LogP contribution in [0.5, 0.6) is 0 Å². The van der Waals surface area contributed by atoms with Gasteiger partial charge in [0.15, 0.2) is 0 Å². The molecular weight excluding hydrogens is 359 g/mol. The van der Waals surface area contributed by atoms with Gasteiger partial charge in [0, 0.05) is 0 Å². The molecule has 0 atom stereocenters. The van der Waals surface area contributed by atoms with Gasteiger partial charge in [0.05, 0.1) is 0 Å². The van der Waals surface area contributed by atoms with Gasteiger partial charge in [0.25, 0.3) is 0 Å². The van der Waals surface area contributed by atoms with Crippen LogP contribution in [0.4, 0.5) is 0 Å². The van der Waals surface area contributed by atoms with Crippen molar-refractivity contribution in [1.82, 2.24) is 0 Å².